The lowest BCUT2D eigenvalue weighted by molar-refractivity contribution is -0.123. The second kappa shape index (κ2) is 20.8. The van der Waals surface area contributed by atoms with Crippen molar-refractivity contribution in [3.05, 3.63) is 51.5 Å². The zero-order valence-electron chi connectivity index (χ0n) is 33.7. The molecule has 0 radical (unpaired) electrons. The SMILES string of the molecule is CC[Si](CC)(CC)O[C@@H](CNC(=O)COc1c(C)cc(Br)cc1C)c1ccc(OCOCC[Si](C)(C)C)c(N(COCC[Si](C)(C)C)S(C)(=O)=O)c1. The Morgan fingerprint density at radius 2 is 1.42 bits per heavy atom. The molecule has 0 aromatic heterocycles. The molecule has 0 aliphatic rings. The Bertz CT molecular complexity index is 1520. The summed E-state index contributed by atoms with van der Waals surface area (Å²) in [6.07, 6.45) is 0.629. The van der Waals surface area contributed by atoms with Gasteiger partial charge in [0.2, 0.25) is 10.0 Å². The van der Waals surface area contributed by atoms with Crippen LogP contribution in [0.3, 0.4) is 0 Å². The van der Waals surface area contributed by atoms with Gasteiger partial charge in [-0.05, 0) is 85.0 Å². The molecule has 0 aliphatic carbocycles. The Balaban J connectivity index is 2.48. The van der Waals surface area contributed by atoms with Gasteiger partial charge < -0.3 is 28.7 Å². The van der Waals surface area contributed by atoms with Gasteiger partial charge in [0.05, 0.1) is 18.0 Å². The van der Waals surface area contributed by atoms with Crippen LogP contribution in [-0.4, -0.2) is 84.9 Å². The number of nitrogens with zero attached hydrogens (tertiary/aromatic N) is 1. The summed E-state index contributed by atoms with van der Waals surface area (Å²) in [5.74, 6) is 0.756. The Kier molecular flexibility index (Phi) is 18.6. The Morgan fingerprint density at radius 1 is 0.865 bits per heavy atom. The van der Waals surface area contributed by atoms with Gasteiger partial charge in [-0.15, -0.1) is 0 Å². The number of anilines is 1. The molecule has 2 rings (SSSR count). The van der Waals surface area contributed by atoms with Crippen molar-refractivity contribution in [2.75, 3.05) is 50.5 Å². The van der Waals surface area contributed by atoms with Gasteiger partial charge in [0.1, 0.15) is 18.2 Å². The largest absolute Gasteiger partial charge is 0.483 e. The van der Waals surface area contributed by atoms with Gasteiger partial charge in [0.25, 0.3) is 5.91 Å². The van der Waals surface area contributed by atoms with Gasteiger partial charge >= 0.3 is 0 Å². The molecule has 2 aromatic carbocycles. The number of aryl methyl sites for hydroxylation is 2. The van der Waals surface area contributed by atoms with Crippen molar-refractivity contribution in [3.63, 3.8) is 0 Å². The molecule has 10 nitrogen and oxygen atoms in total. The number of hydrogen-bond acceptors (Lipinski definition) is 8. The summed E-state index contributed by atoms with van der Waals surface area (Å²) in [7, 11) is -8.69. The summed E-state index contributed by atoms with van der Waals surface area (Å²) in [6.45, 7) is 24.8. The average molecular weight is 862 g/mol. The highest BCUT2D eigenvalue weighted by Gasteiger charge is 2.34. The molecule has 15 heteroatoms. The van der Waals surface area contributed by atoms with Crippen molar-refractivity contribution >= 4 is 62.0 Å². The lowest BCUT2D eigenvalue weighted by Gasteiger charge is -2.34. The first kappa shape index (κ1) is 46.4. The highest BCUT2D eigenvalue weighted by Crippen LogP contribution is 2.37. The van der Waals surface area contributed by atoms with E-state index in [1.54, 1.807) is 12.1 Å². The number of amides is 1. The standard InChI is InChI=1S/C37H65BrN2O8SSi3/c1-13-52(14-2,15-3)48-35(25-39-36(41)26-46-37-29(4)22-32(38)23-30(37)5)31-16-17-34(47-28-45-19-21-51(10,11)12)33(24-31)40(49(6,42)43)27-44-18-20-50(7,8)9/h16-17,22-24,35H,13-15,18-21,25-28H2,1-12H3,(H,39,41)/t35-/m0/s1. The maximum atomic E-state index is 13.4. The smallest absolute Gasteiger partial charge is 0.258 e. The quantitative estimate of drug-likeness (QED) is 0.0633. The number of nitrogens with one attached hydrogen (secondary N) is 1. The number of halogens is 1. The zero-order chi connectivity index (χ0) is 39.3. The van der Waals surface area contributed by atoms with Crippen molar-refractivity contribution in [2.24, 2.45) is 0 Å². The Morgan fingerprint density at radius 3 is 1.94 bits per heavy atom. The van der Waals surface area contributed by atoms with Crippen LogP contribution in [0, 0.1) is 13.8 Å². The average Bonchev–Trinajstić information content (AvgIpc) is 3.03. The summed E-state index contributed by atoms with van der Waals surface area (Å²) in [5, 5.41) is 3.03. The molecular formula is C37H65BrN2O8SSi3. The number of carbonyl (C=O) groups is 1. The highest BCUT2D eigenvalue weighted by molar-refractivity contribution is 9.10. The maximum absolute atomic E-state index is 13.4. The van der Waals surface area contributed by atoms with Crippen molar-refractivity contribution in [2.45, 2.75) is 110 Å². The van der Waals surface area contributed by atoms with Gasteiger partial charge in [0.15, 0.2) is 21.7 Å². The summed E-state index contributed by atoms with van der Waals surface area (Å²) in [5.41, 5.74) is 2.93. The summed E-state index contributed by atoms with van der Waals surface area (Å²) < 4.78 is 59.8. The first-order valence-electron chi connectivity index (χ1n) is 18.4. The predicted octanol–water partition coefficient (Wildman–Crippen LogP) is 9.09. The number of rotatable bonds is 24. The van der Waals surface area contributed by atoms with Crippen LogP contribution >= 0.6 is 15.9 Å². The van der Waals surface area contributed by atoms with Gasteiger partial charge in [-0.2, -0.15) is 0 Å². The second-order valence-corrected chi connectivity index (χ2v) is 34.8. The molecule has 296 valence electrons. The molecular weight excluding hydrogens is 797 g/mol. The Hall–Kier alpha value is -1.73. The predicted molar refractivity (Wildman–Crippen MR) is 225 cm³/mol. The summed E-state index contributed by atoms with van der Waals surface area (Å²) in [6, 6.07) is 13.9. The number of ether oxygens (including phenoxy) is 4. The van der Waals surface area contributed by atoms with Crippen molar-refractivity contribution < 1.29 is 36.6 Å². The monoisotopic (exact) mass is 860 g/mol. The van der Waals surface area contributed by atoms with Gasteiger partial charge in [0, 0.05) is 40.4 Å². The highest BCUT2D eigenvalue weighted by atomic mass is 79.9. The van der Waals surface area contributed by atoms with Crippen molar-refractivity contribution in [3.8, 4) is 11.5 Å². The van der Waals surface area contributed by atoms with Crippen LogP contribution in [0.5, 0.6) is 11.5 Å². The number of hydrogen-bond donors (Lipinski definition) is 1. The van der Waals surface area contributed by atoms with E-state index >= 15 is 0 Å². The van der Waals surface area contributed by atoms with Crippen molar-refractivity contribution in [1.29, 1.82) is 0 Å². The third-order valence-corrected chi connectivity index (χ3v) is 18.7. The number of benzene rings is 2. The molecule has 0 unspecified atom stereocenters. The molecule has 0 saturated carbocycles. The third kappa shape index (κ3) is 15.9. The van der Waals surface area contributed by atoms with E-state index < -0.39 is 40.6 Å². The maximum Gasteiger partial charge on any atom is 0.258 e. The molecule has 1 atom stereocenters. The lowest BCUT2D eigenvalue weighted by atomic mass is 10.1. The molecule has 0 heterocycles. The normalized spacial score (nSPS) is 13.2. The summed E-state index contributed by atoms with van der Waals surface area (Å²) >= 11 is 3.51. The minimum absolute atomic E-state index is 0.0181. The fourth-order valence-electron chi connectivity index (χ4n) is 5.51. The molecule has 1 amide bonds. The van der Waals surface area contributed by atoms with E-state index in [-0.39, 0.29) is 32.6 Å². The molecule has 0 saturated heterocycles. The Labute approximate surface area is 326 Å². The van der Waals surface area contributed by atoms with E-state index in [0.29, 0.717) is 30.4 Å². The molecule has 0 spiro atoms. The van der Waals surface area contributed by atoms with Crippen molar-refractivity contribution in [1.82, 2.24) is 5.32 Å². The minimum Gasteiger partial charge on any atom is -0.483 e. The number of sulfonamides is 1. The van der Waals surface area contributed by atoms with E-state index in [1.807, 2.05) is 32.0 Å². The van der Waals surface area contributed by atoms with Crippen LogP contribution < -0.4 is 19.1 Å². The minimum atomic E-state index is -3.79. The van der Waals surface area contributed by atoms with Gasteiger partial charge in [-0.3, -0.25) is 4.79 Å². The molecule has 52 heavy (non-hydrogen) atoms. The molecule has 2 aromatic rings. The molecule has 0 fully saturated rings. The van der Waals surface area contributed by atoms with Crippen LogP contribution in [0.2, 0.25) is 69.5 Å². The van der Waals surface area contributed by atoms with Crippen LogP contribution in [0.15, 0.2) is 34.8 Å². The number of carbonyl (C=O) groups excluding carboxylic acids is 1. The fourth-order valence-corrected chi connectivity index (χ4v) is 11.3. The first-order valence-corrected chi connectivity index (χ1v) is 31.0. The third-order valence-electron chi connectivity index (χ3n) is 9.11. The molecule has 0 aliphatic heterocycles. The van der Waals surface area contributed by atoms with Crippen LogP contribution in [0.25, 0.3) is 0 Å². The van der Waals surface area contributed by atoms with E-state index in [2.05, 4.69) is 81.3 Å². The van der Waals surface area contributed by atoms with Crippen LogP contribution in [0.4, 0.5) is 5.69 Å². The van der Waals surface area contributed by atoms with E-state index in [0.717, 1.165) is 51.4 Å². The molecule has 1 N–H and O–H groups in total. The topological polar surface area (TPSA) is 113 Å². The second-order valence-electron chi connectivity index (χ2n) is 16.0. The lowest BCUT2D eigenvalue weighted by Crippen LogP contribution is -2.41. The van der Waals surface area contributed by atoms with E-state index in [9.17, 15) is 13.2 Å². The van der Waals surface area contributed by atoms with E-state index in [4.69, 9.17) is 23.4 Å². The zero-order valence-corrected chi connectivity index (χ0v) is 39.1. The molecule has 0 bridgehead atoms. The van der Waals surface area contributed by atoms with Gasteiger partial charge in [-0.25, -0.2) is 12.7 Å². The fraction of sp³-hybridized carbons (Fsp3) is 0.649. The van der Waals surface area contributed by atoms with Crippen LogP contribution in [-0.2, 0) is 28.7 Å². The van der Waals surface area contributed by atoms with E-state index in [1.165, 1.54) is 10.6 Å². The first-order chi connectivity index (χ1) is 24.1. The van der Waals surface area contributed by atoms with Gasteiger partial charge in [-0.1, -0.05) is 82.0 Å². The summed E-state index contributed by atoms with van der Waals surface area (Å²) in [4.78, 5) is 13.2. The van der Waals surface area contributed by atoms with Crippen LogP contribution in [0.1, 0.15) is 43.6 Å².